The van der Waals surface area contributed by atoms with Crippen molar-refractivity contribution in [3.05, 3.63) is 59.4 Å². The van der Waals surface area contributed by atoms with E-state index in [-0.39, 0.29) is 17.9 Å². The lowest BCUT2D eigenvalue weighted by Gasteiger charge is -2.34. The lowest BCUT2D eigenvalue weighted by molar-refractivity contribution is 0.0525. The summed E-state index contributed by atoms with van der Waals surface area (Å²) in [5.74, 6) is -0.428. The normalized spacial score (nSPS) is 16.1. The van der Waals surface area contributed by atoms with Crippen LogP contribution in [0.4, 0.5) is 11.4 Å². The van der Waals surface area contributed by atoms with Crippen molar-refractivity contribution in [1.82, 2.24) is 14.9 Å². The third kappa shape index (κ3) is 4.42. The van der Waals surface area contributed by atoms with E-state index >= 15 is 0 Å². The zero-order chi connectivity index (χ0) is 22.7. The zero-order valence-corrected chi connectivity index (χ0v) is 18.7. The van der Waals surface area contributed by atoms with Crippen LogP contribution < -0.4 is 5.32 Å². The van der Waals surface area contributed by atoms with Crippen LogP contribution in [0.15, 0.2) is 42.6 Å². The predicted octanol–water partition coefficient (Wildman–Crippen LogP) is 4.87. The molecule has 1 aliphatic rings. The summed E-state index contributed by atoms with van der Waals surface area (Å²) in [6.45, 7) is 6.82. The molecule has 0 spiro atoms. The third-order valence-corrected chi connectivity index (χ3v) is 5.81. The van der Waals surface area contributed by atoms with E-state index in [1.165, 1.54) is 0 Å². The molecule has 166 valence electrons. The minimum absolute atomic E-state index is 0.0452. The van der Waals surface area contributed by atoms with Crippen LogP contribution in [-0.4, -0.2) is 45.9 Å². The molecule has 0 aliphatic carbocycles. The molecule has 3 heterocycles. The van der Waals surface area contributed by atoms with Gasteiger partial charge in [0.1, 0.15) is 0 Å². The highest BCUT2D eigenvalue weighted by Gasteiger charge is 2.27. The summed E-state index contributed by atoms with van der Waals surface area (Å²) < 4.78 is 5.12. The standard InChI is InChI=1S/C25H28N4O3/c1-4-32-25(31)18-9-7-10-19(14-18)28-22-20-12-11-16(2)27-23(20)26-15-21(22)24(30)29-13-6-5-8-17(29)3/h7,9-12,14-15,17H,4-6,8,13H2,1-3H3,(H,26,27,28). The van der Waals surface area contributed by atoms with Gasteiger partial charge in [-0.25, -0.2) is 14.8 Å². The lowest BCUT2D eigenvalue weighted by Crippen LogP contribution is -2.42. The summed E-state index contributed by atoms with van der Waals surface area (Å²) in [6, 6.07) is 11.1. The van der Waals surface area contributed by atoms with E-state index < -0.39 is 0 Å². The molecule has 0 saturated carbocycles. The number of carbonyl (C=O) groups excluding carboxylic acids is 2. The Morgan fingerprint density at radius 1 is 1.22 bits per heavy atom. The van der Waals surface area contributed by atoms with Gasteiger partial charge in [-0.1, -0.05) is 6.07 Å². The van der Waals surface area contributed by atoms with Crippen LogP contribution >= 0.6 is 0 Å². The maximum absolute atomic E-state index is 13.5. The summed E-state index contributed by atoms with van der Waals surface area (Å²) in [6.07, 6.45) is 4.74. The maximum Gasteiger partial charge on any atom is 0.338 e. The van der Waals surface area contributed by atoms with Crippen molar-refractivity contribution in [3.8, 4) is 0 Å². The second-order valence-corrected chi connectivity index (χ2v) is 8.14. The monoisotopic (exact) mass is 432 g/mol. The highest BCUT2D eigenvalue weighted by Crippen LogP contribution is 2.31. The zero-order valence-electron chi connectivity index (χ0n) is 18.7. The van der Waals surface area contributed by atoms with Crippen LogP contribution in [0.1, 0.15) is 59.5 Å². The summed E-state index contributed by atoms with van der Waals surface area (Å²) >= 11 is 0. The van der Waals surface area contributed by atoms with Crippen molar-refractivity contribution in [2.75, 3.05) is 18.5 Å². The number of hydrogen-bond acceptors (Lipinski definition) is 6. The number of rotatable bonds is 5. The van der Waals surface area contributed by atoms with Crippen LogP contribution in [0.25, 0.3) is 11.0 Å². The summed E-state index contributed by atoms with van der Waals surface area (Å²) in [4.78, 5) is 36.7. The fourth-order valence-electron chi connectivity index (χ4n) is 4.11. The first-order valence-electron chi connectivity index (χ1n) is 11.1. The molecule has 1 saturated heterocycles. The van der Waals surface area contributed by atoms with E-state index in [1.807, 2.05) is 30.0 Å². The Morgan fingerprint density at radius 3 is 2.84 bits per heavy atom. The quantitative estimate of drug-likeness (QED) is 0.579. The molecule has 0 bridgehead atoms. The first kappa shape index (κ1) is 21.7. The van der Waals surface area contributed by atoms with Crippen molar-refractivity contribution in [2.45, 2.75) is 46.1 Å². The number of benzene rings is 1. The summed E-state index contributed by atoms with van der Waals surface area (Å²) in [7, 11) is 0. The van der Waals surface area contributed by atoms with Gasteiger partial charge in [0.15, 0.2) is 5.65 Å². The number of carbonyl (C=O) groups is 2. The first-order valence-corrected chi connectivity index (χ1v) is 11.1. The molecule has 1 amide bonds. The van der Waals surface area contributed by atoms with Gasteiger partial charge < -0.3 is 15.0 Å². The Kier molecular flexibility index (Phi) is 6.35. The molecule has 1 unspecified atom stereocenters. The fraction of sp³-hybridized carbons (Fsp3) is 0.360. The predicted molar refractivity (Wildman–Crippen MR) is 124 cm³/mol. The second-order valence-electron chi connectivity index (χ2n) is 8.14. The molecular formula is C25H28N4O3. The highest BCUT2D eigenvalue weighted by molar-refractivity contribution is 6.07. The van der Waals surface area contributed by atoms with Gasteiger partial charge in [0, 0.05) is 35.6 Å². The van der Waals surface area contributed by atoms with E-state index in [2.05, 4.69) is 22.2 Å². The van der Waals surface area contributed by atoms with Gasteiger partial charge in [-0.2, -0.15) is 0 Å². The van der Waals surface area contributed by atoms with Gasteiger partial charge in [-0.3, -0.25) is 4.79 Å². The summed E-state index contributed by atoms with van der Waals surface area (Å²) in [5, 5.41) is 4.13. The minimum atomic E-state index is -0.383. The Bertz CT molecular complexity index is 1160. The largest absolute Gasteiger partial charge is 0.462 e. The third-order valence-electron chi connectivity index (χ3n) is 5.81. The number of pyridine rings is 2. The Hall–Kier alpha value is -3.48. The molecular weight excluding hydrogens is 404 g/mol. The van der Waals surface area contributed by atoms with Gasteiger partial charge in [0.25, 0.3) is 5.91 Å². The average molecular weight is 433 g/mol. The smallest absolute Gasteiger partial charge is 0.338 e. The van der Waals surface area contributed by atoms with Crippen LogP contribution in [0.2, 0.25) is 0 Å². The Morgan fingerprint density at radius 2 is 2.06 bits per heavy atom. The van der Waals surface area contributed by atoms with Crippen LogP contribution in [0.5, 0.6) is 0 Å². The molecule has 1 N–H and O–H groups in total. The topological polar surface area (TPSA) is 84.4 Å². The number of amides is 1. The maximum atomic E-state index is 13.5. The van der Waals surface area contributed by atoms with Crippen molar-refractivity contribution in [2.24, 2.45) is 0 Å². The Labute approximate surface area is 187 Å². The summed E-state index contributed by atoms with van der Waals surface area (Å²) in [5.41, 5.74) is 3.69. The van der Waals surface area contributed by atoms with E-state index in [4.69, 9.17) is 4.74 Å². The second kappa shape index (κ2) is 9.34. The molecule has 2 aromatic heterocycles. The number of piperidine rings is 1. The Balaban J connectivity index is 1.78. The van der Waals surface area contributed by atoms with E-state index in [1.54, 1.807) is 31.3 Å². The average Bonchev–Trinajstić information content (AvgIpc) is 2.79. The number of nitrogens with one attached hydrogen (secondary N) is 1. The van der Waals surface area contributed by atoms with E-state index in [9.17, 15) is 9.59 Å². The van der Waals surface area contributed by atoms with Crippen LogP contribution in [0.3, 0.4) is 0 Å². The number of hydrogen-bond donors (Lipinski definition) is 1. The van der Waals surface area contributed by atoms with Crippen molar-refractivity contribution < 1.29 is 14.3 Å². The molecule has 3 aromatic rings. The van der Waals surface area contributed by atoms with Gasteiger partial charge in [0.2, 0.25) is 0 Å². The molecule has 1 aromatic carbocycles. The fourth-order valence-corrected chi connectivity index (χ4v) is 4.11. The highest BCUT2D eigenvalue weighted by atomic mass is 16.5. The number of aryl methyl sites for hydroxylation is 1. The number of ether oxygens (including phenoxy) is 1. The van der Waals surface area contributed by atoms with Crippen molar-refractivity contribution >= 4 is 34.3 Å². The molecule has 1 atom stereocenters. The van der Waals surface area contributed by atoms with Gasteiger partial charge >= 0.3 is 5.97 Å². The number of fused-ring (bicyclic) bond motifs is 1. The van der Waals surface area contributed by atoms with E-state index in [0.29, 0.717) is 34.8 Å². The molecule has 4 rings (SSSR count). The number of likely N-dealkylation sites (tertiary alicyclic amines) is 1. The SMILES string of the molecule is CCOC(=O)c1cccc(Nc2c(C(=O)N3CCCCC3C)cnc3nc(C)ccc23)c1. The first-order chi connectivity index (χ1) is 15.5. The number of esters is 1. The van der Waals surface area contributed by atoms with Gasteiger partial charge in [-0.15, -0.1) is 0 Å². The van der Waals surface area contributed by atoms with Crippen LogP contribution in [0, 0.1) is 6.92 Å². The van der Waals surface area contributed by atoms with Crippen LogP contribution in [-0.2, 0) is 4.74 Å². The molecule has 1 fully saturated rings. The number of aromatic nitrogens is 2. The molecule has 1 aliphatic heterocycles. The van der Waals surface area contributed by atoms with E-state index in [0.717, 1.165) is 36.9 Å². The van der Waals surface area contributed by atoms with Crippen molar-refractivity contribution in [1.29, 1.82) is 0 Å². The van der Waals surface area contributed by atoms with Gasteiger partial charge in [-0.05, 0) is 70.4 Å². The molecule has 32 heavy (non-hydrogen) atoms. The van der Waals surface area contributed by atoms with Crippen molar-refractivity contribution in [3.63, 3.8) is 0 Å². The lowest BCUT2D eigenvalue weighted by atomic mass is 10.0. The molecule has 0 radical (unpaired) electrons. The number of nitrogens with zero attached hydrogens (tertiary/aromatic N) is 3. The molecule has 7 nitrogen and oxygen atoms in total. The molecule has 7 heteroatoms. The minimum Gasteiger partial charge on any atom is -0.462 e. The van der Waals surface area contributed by atoms with Gasteiger partial charge in [0.05, 0.1) is 23.4 Å². The number of anilines is 2.